The number of rotatable bonds is 6. The molecule has 2 aromatic carbocycles. The molecule has 3 rings (SSSR count). The maximum Gasteiger partial charge on any atom is 0.329 e. The van der Waals surface area contributed by atoms with Crippen molar-refractivity contribution in [3.8, 4) is 0 Å². The fraction of sp³-hybridized carbons (Fsp3) is 0.263. The van der Waals surface area contributed by atoms with E-state index in [1.807, 2.05) is 61.5 Å². The molecule has 0 bridgehead atoms. The third kappa shape index (κ3) is 3.25. The Morgan fingerprint density at radius 3 is 2.12 bits per heavy atom. The Morgan fingerprint density at radius 1 is 0.917 bits per heavy atom. The van der Waals surface area contributed by atoms with Gasteiger partial charge in [0.15, 0.2) is 0 Å². The third-order valence-electron chi connectivity index (χ3n) is 3.99. The largest absolute Gasteiger partial charge is 0.329 e. The van der Waals surface area contributed by atoms with E-state index < -0.39 is 0 Å². The highest BCUT2D eigenvalue weighted by Gasteiger charge is 2.13. The van der Waals surface area contributed by atoms with E-state index in [9.17, 15) is 9.59 Å². The van der Waals surface area contributed by atoms with E-state index in [1.54, 1.807) is 9.13 Å². The predicted molar refractivity (Wildman–Crippen MR) is 96.2 cm³/mol. The Morgan fingerprint density at radius 2 is 1.50 bits per heavy atom. The fourth-order valence-electron chi connectivity index (χ4n) is 2.89. The predicted octanol–water partition coefficient (Wildman–Crippen LogP) is 3.24. The Kier molecular flexibility index (Phi) is 4.79. The van der Waals surface area contributed by atoms with Crippen LogP contribution in [0.1, 0.15) is 19.8 Å². The number of carbonyl (C=O) groups is 1. The van der Waals surface area contributed by atoms with Crippen molar-refractivity contribution >= 4 is 22.6 Å². The summed E-state index contributed by atoms with van der Waals surface area (Å²) in [4.78, 5) is 24.8. The van der Waals surface area contributed by atoms with Gasteiger partial charge in [-0.2, -0.15) is 0 Å². The maximum atomic E-state index is 12.6. The summed E-state index contributed by atoms with van der Waals surface area (Å²) in [5.41, 5.74) is 2.52. The van der Waals surface area contributed by atoms with E-state index in [0.29, 0.717) is 13.1 Å². The van der Waals surface area contributed by atoms with Gasteiger partial charge in [-0.1, -0.05) is 37.3 Å². The van der Waals surface area contributed by atoms with Crippen LogP contribution < -0.4 is 11.0 Å². The lowest BCUT2D eigenvalue weighted by atomic mass is 10.3. The number of nitrogens with zero attached hydrogens (tertiary/aromatic N) is 2. The smallest absolute Gasteiger partial charge is 0.326 e. The molecule has 0 unspecified atom stereocenters. The molecule has 0 radical (unpaired) electrons. The third-order valence-corrected chi connectivity index (χ3v) is 3.99. The van der Waals surface area contributed by atoms with E-state index in [-0.39, 0.29) is 18.0 Å². The summed E-state index contributed by atoms with van der Waals surface area (Å²) in [5, 5.41) is 2.85. The van der Waals surface area contributed by atoms with Crippen LogP contribution in [0.15, 0.2) is 59.4 Å². The Bertz CT molecular complexity index is 894. The topological polar surface area (TPSA) is 56.0 Å². The standard InChI is InChI=1S/C19H21N3O2/c1-2-13-21-16-10-6-7-11-17(16)22(19(21)24)14-12-18(23)20-15-8-4-3-5-9-15/h3-11H,2,12-14H2,1H3,(H,20,23). The highest BCUT2D eigenvalue weighted by atomic mass is 16.2. The number of amides is 1. The normalized spacial score (nSPS) is 10.9. The minimum Gasteiger partial charge on any atom is -0.326 e. The molecule has 0 spiro atoms. The second-order valence-electron chi connectivity index (χ2n) is 5.74. The minimum absolute atomic E-state index is 0.0504. The van der Waals surface area contributed by atoms with Crippen LogP contribution in [0.5, 0.6) is 0 Å². The van der Waals surface area contributed by atoms with Gasteiger partial charge in [0.1, 0.15) is 0 Å². The van der Waals surface area contributed by atoms with Crippen LogP contribution >= 0.6 is 0 Å². The average Bonchev–Trinajstić information content (AvgIpc) is 2.86. The minimum atomic E-state index is -0.0968. The van der Waals surface area contributed by atoms with Gasteiger partial charge in [0.2, 0.25) is 5.91 Å². The molecule has 0 saturated heterocycles. The SMILES string of the molecule is CCCn1c(=O)n(CCC(=O)Nc2ccccc2)c2ccccc21. The molecule has 5 heteroatoms. The lowest BCUT2D eigenvalue weighted by Crippen LogP contribution is -2.26. The number of hydrogen-bond acceptors (Lipinski definition) is 2. The Balaban J connectivity index is 1.79. The van der Waals surface area contributed by atoms with Crippen LogP contribution in [-0.4, -0.2) is 15.0 Å². The lowest BCUT2D eigenvalue weighted by molar-refractivity contribution is -0.116. The van der Waals surface area contributed by atoms with Gasteiger partial charge < -0.3 is 5.32 Å². The van der Waals surface area contributed by atoms with Crippen molar-refractivity contribution in [3.63, 3.8) is 0 Å². The lowest BCUT2D eigenvalue weighted by Gasteiger charge is -2.06. The maximum absolute atomic E-state index is 12.6. The fourth-order valence-corrected chi connectivity index (χ4v) is 2.89. The molecule has 5 nitrogen and oxygen atoms in total. The second kappa shape index (κ2) is 7.17. The van der Waals surface area contributed by atoms with E-state index in [1.165, 1.54) is 0 Å². The second-order valence-corrected chi connectivity index (χ2v) is 5.74. The molecule has 0 atom stereocenters. The molecule has 0 aliphatic heterocycles. The van der Waals surface area contributed by atoms with Crippen LogP contribution in [0, 0.1) is 0 Å². The van der Waals surface area contributed by atoms with Crippen LogP contribution in [0.4, 0.5) is 5.69 Å². The van der Waals surface area contributed by atoms with Gasteiger partial charge in [-0.25, -0.2) is 4.79 Å². The van der Waals surface area contributed by atoms with Crippen molar-refractivity contribution in [3.05, 3.63) is 65.1 Å². The molecule has 3 aromatic rings. The molecule has 0 fully saturated rings. The van der Waals surface area contributed by atoms with Crippen molar-refractivity contribution in [2.75, 3.05) is 5.32 Å². The molecule has 0 saturated carbocycles. The average molecular weight is 323 g/mol. The van der Waals surface area contributed by atoms with Gasteiger partial charge in [-0.15, -0.1) is 0 Å². The van der Waals surface area contributed by atoms with E-state index in [4.69, 9.17) is 0 Å². The monoisotopic (exact) mass is 323 g/mol. The summed E-state index contributed by atoms with van der Waals surface area (Å²) in [6.45, 7) is 3.10. The molecule has 0 aliphatic rings. The first-order chi connectivity index (χ1) is 11.7. The van der Waals surface area contributed by atoms with Crippen molar-refractivity contribution in [1.82, 2.24) is 9.13 Å². The Labute approximate surface area is 140 Å². The van der Waals surface area contributed by atoms with Crippen LogP contribution in [0.25, 0.3) is 11.0 Å². The number of benzene rings is 2. The molecule has 124 valence electrons. The zero-order valence-corrected chi connectivity index (χ0v) is 13.7. The number of imidazole rings is 1. The molecule has 1 N–H and O–H groups in total. The number of aryl methyl sites for hydroxylation is 2. The number of nitrogens with one attached hydrogen (secondary N) is 1. The summed E-state index contributed by atoms with van der Waals surface area (Å²) in [6, 6.07) is 17.1. The first-order valence-electron chi connectivity index (χ1n) is 8.23. The van der Waals surface area contributed by atoms with Gasteiger partial charge in [0, 0.05) is 25.2 Å². The van der Waals surface area contributed by atoms with Crippen LogP contribution in [-0.2, 0) is 17.9 Å². The molecule has 0 aliphatic carbocycles. The van der Waals surface area contributed by atoms with E-state index in [2.05, 4.69) is 5.32 Å². The van der Waals surface area contributed by atoms with Crippen molar-refractivity contribution in [2.45, 2.75) is 32.9 Å². The number of hydrogen-bond donors (Lipinski definition) is 1. The molecule has 1 aromatic heterocycles. The van der Waals surface area contributed by atoms with Gasteiger partial charge in [-0.05, 0) is 30.7 Å². The van der Waals surface area contributed by atoms with E-state index >= 15 is 0 Å². The number of carbonyl (C=O) groups excluding carboxylic acids is 1. The number of para-hydroxylation sites is 3. The first kappa shape index (κ1) is 16.1. The van der Waals surface area contributed by atoms with Gasteiger partial charge >= 0.3 is 5.69 Å². The molecular weight excluding hydrogens is 302 g/mol. The summed E-state index contributed by atoms with van der Waals surface area (Å²) in [6.07, 6.45) is 1.15. The van der Waals surface area contributed by atoms with Crippen molar-refractivity contribution in [2.24, 2.45) is 0 Å². The quantitative estimate of drug-likeness (QED) is 0.757. The highest BCUT2D eigenvalue weighted by molar-refractivity contribution is 5.90. The number of aromatic nitrogens is 2. The van der Waals surface area contributed by atoms with Crippen LogP contribution in [0.3, 0.4) is 0 Å². The highest BCUT2D eigenvalue weighted by Crippen LogP contribution is 2.14. The van der Waals surface area contributed by atoms with Crippen molar-refractivity contribution < 1.29 is 4.79 Å². The molecule has 1 heterocycles. The molecular formula is C19H21N3O2. The molecule has 24 heavy (non-hydrogen) atoms. The summed E-state index contributed by atoms with van der Waals surface area (Å²) in [7, 11) is 0. The number of anilines is 1. The van der Waals surface area contributed by atoms with E-state index in [0.717, 1.165) is 23.1 Å². The van der Waals surface area contributed by atoms with Crippen LogP contribution in [0.2, 0.25) is 0 Å². The molecule has 1 amide bonds. The summed E-state index contributed by atoms with van der Waals surface area (Å²) >= 11 is 0. The van der Waals surface area contributed by atoms with Gasteiger partial charge in [0.25, 0.3) is 0 Å². The summed E-state index contributed by atoms with van der Waals surface area (Å²) < 4.78 is 3.47. The summed E-state index contributed by atoms with van der Waals surface area (Å²) in [5.74, 6) is -0.0968. The van der Waals surface area contributed by atoms with Gasteiger partial charge in [0.05, 0.1) is 11.0 Å². The number of fused-ring (bicyclic) bond motifs is 1. The first-order valence-corrected chi connectivity index (χ1v) is 8.23. The Hall–Kier alpha value is -2.82. The zero-order valence-electron chi connectivity index (χ0n) is 13.7. The van der Waals surface area contributed by atoms with Crippen molar-refractivity contribution in [1.29, 1.82) is 0 Å². The van der Waals surface area contributed by atoms with Gasteiger partial charge in [-0.3, -0.25) is 13.9 Å². The zero-order chi connectivity index (χ0) is 16.9.